The molecule has 0 atom stereocenters. The Hall–Kier alpha value is -1.37. The quantitative estimate of drug-likeness (QED) is 0.767. The average Bonchev–Trinajstić information content (AvgIpc) is 2.77. The van der Waals surface area contributed by atoms with Gasteiger partial charge in [-0.2, -0.15) is 0 Å². The molecule has 6 nitrogen and oxygen atoms in total. The molecular formula is C11H16N2O4. The number of aromatic hydroxyl groups is 1. The van der Waals surface area contributed by atoms with Crippen LogP contribution in [0.5, 0.6) is 5.75 Å². The molecule has 0 aliphatic carbocycles. The zero-order valence-corrected chi connectivity index (χ0v) is 9.68. The normalized spacial score (nSPS) is 16.8. The Labute approximate surface area is 98.8 Å². The third-order valence-corrected chi connectivity index (χ3v) is 2.61. The van der Waals surface area contributed by atoms with E-state index >= 15 is 0 Å². The van der Waals surface area contributed by atoms with Gasteiger partial charge in [0.1, 0.15) is 0 Å². The first-order valence-electron chi connectivity index (χ1n) is 5.48. The standard InChI is InChI=1S/C11H16N2O4/c1-13(7-9-16-4-5-17-9)6-8-2-3-12-11(15)10(8)14/h2-3,9,14H,4-7H2,1H3,(H,12,15). The second kappa shape index (κ2) is 5.31. The molecule has 94 valence electrons. The van der Waals surface area contributed by atoms with Gasteiger partial charge in [-0.1, -0.05) is 0 Å². The third kappa shape index (κ3) is 3.06. The zero-order chi connectivity index (χ0) is 12.3. The molecule has 0 saturated carbocycles. The molecule has 2 rings (SSSR count). The minimum Gasteiger partial charge on any atom is -0.503 e. The molecule has 6 heteroatoms. The van der Waals surface area contributed by atoms with Gasteiger partial charge in [0.15, 0.2) is 12.0 Å². The third-order valence-electron chi connectivity index (χ3n) is 2.61. The van der Waals surface area contributed by atoms with E-state index in [0.717, 1.165) is 0 Å². The first-order chi connectivity index (χ1) is 8.16. The van der Waals surface area contributed by atoms with Crippen molar-refractivity contribution in [2.75, 3.05) is 26.8 Å². The highest BCUT2D eigenvalue weighted by Gasteiger charge is 2.18. The van der Waals surface area contributed by atoms with Crippen molar-refractivity contribution in [2.24, 2.45) is 0 Å². The van der Waals surface area contributed by atoms with Gasteiger partial charge in [-0.3, -0.25) is 9.69 Å². The van der Waals surface area contributed by atoms with E-state index < -0.39 is 5.56 Å². The lowest BCUT2D eigenvalue weighted by molar-refractivity contribution is -0.0593. The van der Waals surface area contributed by atoms with Crippen LogP contribution in [0.15, 0.2) is 17.1 Å². The molecule has 2 heterocycles. The Morgan fingerprint density at radius 2 is 2.24 bits per heavy atom. The van der Waals surface area contributed by atoms with Crippen molar-refractivity contribution in [1.82, 2.24) is 9.88 Å². The second-order valence-electron chi connectivity index (χ2n) is 4.05. The second-order valence-corrected chi connectivity index (χ2v) is 4.05. The monoisotopic (exact) mass is 240 g/mol. The Kier molecular flexibility index (Phi) is 3.78. The lowest BCUT2D eigenvalue weighted by Crippen LogP contribution is -2.29. The molecule has 1 fully saturated rings. The van der Waals surface area contributed by atoms with Crippen LogP contribution in [0, 0.1) is 0 Å². The predicted octanol–water partition coefficient (Wildman–Crippen LogP) is -0.115. The van der Waals surface area contributed by atoms with Crippen LogP contribution < -0.4 is 5.56 Å². The molecule has 0 radical (unpaired) electrons. The van der Waals surface area contributed by atoms with Crippen LogP contribution in [0.4, 0.5) is 0 Å². The number of pyridine rings is 1. The lowest BCUT2D eigenvalue weighted by Gasteiger charge is -2.20. The number of ether oxygens (including phenoxy) is 2. The van der Waals surface area contributed by atoms with Crippen LogP contribution in [-0.2, 0) is 16.0 Å². The maximum Gasteiger partial charge on any atom is 0.290 e. The van der Waals surface area contributed by atoms with E-state index in [9.17, 15) is 9.90 Å². The molecule has 1 aliphatic heterocycles. The van der Waals surface area contributed by atoms with E-state index in [1.54, 1.807) is 6.07 Å². The van der Waals surface area contributed by atoms with Crippen molar-refractivity contribution in [3.63, 3.8) is 0 Å². The summed E-state index contributed by atoms with van der Waals surface area (Å²) in [7, 11) is 1.88. The highest BCUT2D eigenvalue weighted by atomic mass is 16.7. The molecule has 1 saturated heterocycles. The number of hydrogen-bond donors (Lipinski definition) is 2. The van der Waals surface area contributed by atoms with Crippen LogP contribution >= 0.6 is 0 Å². The van der Waals surface area contributed by atoms with Gasteiger partial charge in [0.05, 0.1) is 13.2 Å². The molecule has 0 amide bonds. The van der Waals surface area contributed by atoms with E-state index in [-0.39, 0.29) is 12.0 Å². The summed E-state index contributed by atoms with van der Waals surface area (Å²) in [4.78, 5) is 15.5. The van der Waals surface area contributed by atoms with E-state index in [1.807, 2.05) is 11.9 Å². The molecule has 1 aromatic rings. The number of aromatic amines is 1. The zero-order valence-electron chi connectivity index (χ0n) is 9.68. The minimum absolute atomic E-state index is 0.218. The summed E-state index contributed by atoms with van der Waals surface area (Å²) >= 11 is 0. The van der Waals surface area contributed by atoms with Crippen LogP contribution in [-0.4, -0.2) is 48.1 Å². The molecule has 0 aromatic carbocycles. The molecule has 0 bridgehead atoms. The molecule has 1 aromatic heterocycles. The largest absolute Gasteiger partial charge is 0.503 e. The van der Waals surface area contributed by atoms with E-state index in [0.29, 0.717) is 31.9 Å². The van der Waals surface area contributed by atoms with Gasteiger partial charge in [-0.25, -0.2) is 0 Å². The van der Waals surface area contributed by atoms with Crippen molar-refractivity contribution in [2.45, 2.75) is 12.8 Å². The summed E-state index contributed by atoms with van der Waals surface area (Å²) in [5.74, 6) is -0.229. The maximum absolute atomic E-state index is 11.2. The summed E-state index contributed by atoms with van der Waals surface area (Å²) in [6, 6.07) is 1.68. The summed E-state index contributed by atoms with van der Waals surface area (Å²) in [6.45, 7) is 2.31. The SMILES string of the molecule is CN(Cc1cc[nH]c(=O)c1O)CC1OCCO1. The minimum atomic E-state index is -0.468. The number of H-pyrrole nitrogens is 1. The van der Waals surface area contributed by atoms with Gasteiger partial charge in [-0.15, -0.1) is 0 Å². The lowest BCUT2D eigenvalue weighted by atomic mass is 10.2. The molecular weight excluding hydrogens is 224 g/mol. The van der Waals surface area contributed by atoms with Gasteiger partial charge >= 0.3 is 0 Å². The van der Waals surface area contributed by atoms with Crippen molar-refractivity contribution >= 4 is 0 Å². The summed E-state index contributed by atoms with van der Waals surface area (Å²) in [5.41, 5.74) is 0.124. The number of hydrogen-bond acceptors (Lipinski definition) is 5. The van der Waals surface area contributed by atoms with E-state index in [4.69, 9.17) is 9.47 Å². The molecule has 2 N–H and O–H groups in total. The first kappa shape index (κ1) is 12.1. The maximum atomic E-state index is 11.2. The van der Waals surface area contributed by atoms with Crippen LogP contribution in [0.3, 0.4) is 0 Å². The highest BCUT2D eigenvalue weighted by molar-refractivity contribution is 5.27. The molecule has 0 spiro atoms. The molecule has 17 heavy (non-hydrogen) atoms. The number of aromatic nitrogens is 1. The summed E-state index contributed by atoms with van der Waals surface area (Å²) in [6.07, 6.45) is 1.30. The number of rotatable bonds is 4. The predicted molar refractivity (Wildman–Crippen MR) is 60.8 cm³/mol. The smallest absolute Gasteiger partial charge is 0.290 e. The summed E-state index contributed by atoms with van der Waals surface area (Å²) in [5, 5.41) is 9.57. The van der Waals surface area contributed by atoms with Crippen molar-refractivity contribution in [3.05, 3.63) is 28.2 Å². The average molecular weight is 240 g/mol. The Morgan fingerprint density at radius 1 is 1.53 bits per heavy atom. The highest BCUT2D eigenvalue weighted by Crippen LogP contribution is 2.13. The van der Waals surface area contributed by atoms with Gasteiger partial charge in [-0.05, 0) is 13.1 Å². The topological polar surface area (TPSA) is 74.8 Å². The Bertz CT molecular complexity index is 426. The fraction of sp³-hybridized carbons (Fsp3) is 0.545. The summed E-state index contributed by atoms with van der Waals surface area (Å²) < 4.78 is 10.6. The van der Waals surface area contributed by atoms with E-state index in [2.05, 4.69) is 4.98 Å². The fourth-order valence-electron chi connectivity index (χ4n) is 1.76. The van der Waals surface area contributed by atoms with Crippen molar-refractivity contribution < 1.29 is 14.6 Å². The first-order valence-corrected chi connectivity index (χ1v) is 5.48. The van der Waals surface area contributed by atoms with Crippen molar-refractivity contribution in [1.29, 1.82) is 0 Å². The fourth-order valence-corrected chi connectivity index (χ4v) is 1.76. The van der Waals surface area contributed by atoms with Crippen LogP contribution in [0.25, 0.3) is 0 Å². The molecule has 0 unspecified atom stereocenters. The number of nitrogens with zero attached hydrogens (tertiary/aromatic N) is 1. The van der Waals surface area contributed by atoms with Gasteiger partial charge in [0, 0.05) is 24.8 Å². The number of nitrogens with one attached hydrogen (secondary N) is 1. The van der Waals surface area contributed by atoms with Crippen LogP contribution in [0.1, 0.15) is 5.56 Å². The van der Waals surface area contributed by atoms with Gasteiger partial charge < -0.3 is 19.6 Å². The Morgan fingerprint density at radius 3 is 2.94 bits per heavy atom. The van der Waals surface area contributed by atoms with Gasteiger partial charge in [0.2, 0.25) is 0 Å². The van der Waals surface area contributed by atoms with E-state index in [1.165, 1.54) is 6.20 Å². The Balaban J connectivity index is 1.95. The van der Waals surface area contributed by atoms with Crippen molar-refractivity contribution in [3.8, 4) is 5.75 Å². The van der Waals surface area contributed by atoms with Gasteiger partial charge in [0.25, 0.3) is 5.56 Å². The molecule has 1 aliphatic rings. The van der Waals surface area contributed by atoms with Crippen LogP contribution in [0.2, 0.25) is 0 Å². The number of likely N-dealkylation sites (N-methyl/N-ethyl adjacent to an activating group) is 1.